The monoisotopic (exact) mass is 291 g/mol. The van der Waals surface area contributed by atoms with Gasteiger partial charge in [-0.3, -0.25) is 0 Å². The predicted molar refractivity (Wildman–Crippen MR) is 88.6 cm³/mol. The van der Waals surface area contributed by atoms with Crippen molar-refractivity contribution in [3.63, 3.8) is 0 Å². The Morgan fingerprint density at radius 3 is 2.65 bits per heavy atom. The molecule has 0 aliphatic rings. The van der Waals surface area contributed by atoms with Crippen LogP contribution in [-0.2, 0) is 4.74 Å². The Bertz CT molecular complexity index is 547. The molecule has 3 heteroatoms. The van der Waals surface area contributed by atoms with Crippen LogP contribution in [0.4, 0.5) is 0 Å². The molecule has 1 aromatic carbocycles. The molecule has 0 spiro atoms. The number of rotatable bonds is 7. The minimum atomic E-state index is 0.384. The van der Waals surface area contributed by atoms with Gasteiger partial charge in [-0.15, -0.1) is 11.3 Å². The van der Waals surface area contributed by atoms with Crippen LogP contribution in [0, 0.1) is 12.8 Å². The molecule has 20 heavy (non-hydrogen) atoms. The first-order valence-corrected chi connectivity index (χ1v) is 8.20. The summed E-state index contributed by atoms with van der Waals surface area (Å²) in [6.07, 6.45) is 0. The number of ether oxygens (including phenoxy) is 1. The Morgan fingerprint density at radius 1 is 1.20 bits per heavy atom. The highest BCUT2D eigenvalue weighted by Crippen LogP contribution is 2.34. The second-order valence-corrected chi connectivity index (χ2v) is 6.82. The summed E-state index contributed by atoms with van der Waals surface area (Å²) in [5, 5.41) is 4.95. The number of aryl methyl sites for hydroxylation is 1. The molecule has 0 aliphatic heterocycles. The first kappa shape index (κ1) is 15.5. The fourth-order valence-corrected chi connectivity index (χ4v) is 3.60. The maximum Gasteiger partial charge on any atom is 0.0591 e. The van der Waals surface area contributed by atoms with Gasteiger partial charge >= 0.3 is 0 Å². The first-order chi connectivity index (χ1) is 9.59. The van der Waals surface area contributed by atoms with Crippen molar-refractivity contribution in [1.29, 1.82) is 0 Å². The largest absolute Gasteiger partial charge is 0.380 e. The van der Waals surface area contributed by atoms with E-state index in [0.29, 0.717) is 12.0 Å². The molecule has 0 aliphatic carbocycles. The van der Waals surface area contributed by atoms with Crippen LogP contribution in [-0.4, -0.2) is 19.8 Å². The van der Waals surface area contributed by atoms with Crippen LogP contribution in [0.2, 0.25) is 0 Å². The molecule has 0 radical (unpaired) electrons. The summed E-state index contributed by atoms with van der Waals surface area (Å²) in [7, 11) is 0. The molecule has 1 atom stereocenters. The van der Waals surface area contributed by atoms with E-state index < -0.39 is 0 Å². The maximum atomic E-state index is 5.61. The topological polar surface area (TPSA) is 21.3 Å². The van der Waals surface area contributed by atoms with E-state index in [-0.39, 0.29) is 0 Å². The van der Waals surface area contributed by atoms with Gasteiger partial charge < -0.3 is 10.1 Å². The molecule has 0 bridgehead atoms. The molecule has 2 nitrogen and oxygen atoms in total. The highest BCUT2D eigenvalue weighted by atomic mass is 32.1. The van der Waals surface area contributed by atoms with Crippen LogP contribution in [0.5, 0.6) is 0 Å². The van der Waals surface area contributed by atoms with Gasteiger partial charge in [-0.05, 0) is 36.8 Å². The van der Waals surface area contributed by atoms with Crippen molar-refractivity contribution in [2.24, 2.45) is 5.92 Å². The van der Waals surface area contributed by atoms with Gasteiger partial charge in [-0.1, -0.05) is 32.0 Å². The van der Waals surface area contributed by atoms with Gasteiger partial charge in [0, 0.05) is 28.8 Å². The summed E-state index contributed by atoms with van der Waals surface area (Å²) in [5.74, 6) is 0.609. The Hall–Kier alpha value is -0.900. The van der Waals surface area contributed by atoms with E-state index in [2.05, 4.69) is 57.3 Å². The second-order valence-electron chi connectivity index (χ2n) is 5.73. The summed E-state index contributed by atoms with van der Waals surface area (Å²) in [6.45, 7) is 11.3. The number of nitrogens with one attached hydrogen (secondary N) is 1. The highest BCUT2D eigenvalue weighted by Gasteiger charge is 2.13. The van der Waals surface area contributed by atoms with Gasteiger partial charge in [-0.2, -0.15) is 0 Å². The quantitative estimate of drug-likeness (QED) is 0.757. The van der Waals surface area contributed by atoms with Crippen LogP contribution < -0.4 is 5.32 Å². The molecule has 2 aromatic rings. The summed E-state index contributed by atoms with van der Waals surface area (Å²) in [5.41, 5.74) is 1.41. The van der Waals surface area contributed by atoms with Crippen molar-refractivity contribution in [3.8, 4) is 0 Å². The summed E-state index contributed by atoms with van der Waals surface area (Å²) in [4.78, 5) is 1.44. The van der Waals surface area contributed by atoms with Crippen molar-refractivity contribution >= 4 is 21.4 Å². The number of benzene rings is 1. The highest BCUT2D eigenvalue weighted by molar-refractivity contribution is 7.19. The van der Waals surface area contributed by atoms with Crippen LogP contribution in [0.3, 0.4) is 0 Å². The van der Waals surface area contributed by atoms with Crippen molar-refractivity contribution < 1.29 is 4.74 Å². The lowest BCUT2D eigenvalue weighted by atomic mass is 10.1. The van der Waals surface area contributed by atoms with E-state index in [4.69, 9.17) is 4.74 Å². The third-order valence-corrected chi connectivity index (χ3v) is 4.88. The van der Waals surface area contributed by atoms with E-state index >= 15 is 0 Å². The van der Waals surface area contributed by atoms with Gasteiger partial charge in [0.25, 0.3) is 0 Å². The maximum absolute atomic E-state index is 5.61. The van der Waals surface area contributed by atoms with E-state index in [1.165, 1.54) is 20.5 Å². The lowest BCUT2D eigenvalue weighted by Crippen LogP contribution is -2.23. The third kappa shape index (κ3) is 3.81. The number of thiophene rings is 1. The van der Waals surface area contributed by atoms with E-state index in [0.717, 1.165) is 19.8 Å². The zero-order chi connectivity index (χ0) is 14.5. The summed E-state index contributed by atoms with van der Waals surface area (Å²) in [6, 6.07) is 9.02. The summed E-state index contributed by atoms with van der Waals surface area (Å²) < 4.78 is 6.99. The molecule has 110 valence electrons. The molecule has 2 rings (SSSR count). The standard InChI is InChI=1S/C17H25NOS/c1-12(2)11-19-10-9-18-14(4)17-13(3)15-7-5-6-8-16(15)20-17/h5-8,12,14,18H,9-11H2,1-4H3. The lowest BCUT2D eigenvalue weighted by molar-refractivity contribution is 0.110. The molecular weight excluding hydrogens is 266 g/mol. The smallest absolute Gasteiger partial charge is 0.0591 e. The Morgan fingerprint density at radius 2 is 1.95 bits per heavy atom. The van der Waals surface area contributed by atoms with E-state index in [1.54, 1.807) is 0 Å². The van der Waals surface area contributed by atoms with E-state index in [9.17, 15) is 0 Å². The molecule has 0 saturated heterocycles. The third-order valence-electron chi connectivity index (χ3n) is 3.42. The molecule has 1 N–H and O–H groups in total. The number of fused-ring (bicyclic) bond motifs is 1. The van der Waals surface area contributed by atoms with E-state index in [1.807, 2.05) is 11.3 Å². The molecule has 0 saturated carbocycles. The van der Waals surface area contributed by atoms with Crippen molar-refractivity contribution in [2.75, 3.05) is 19.8 Å². The summed E-state index contributed by atoms with van der Waals surface area (Å²) >= 11 is 1.90. The Labute approximate surface area is 126 Å². The zero-order valence-corrected chi connectivity index (χ0v) is 13.7. The van der Waals surface area contributed by atoms with Gasteiger partial charge in [0.1, 0.15) is 0 Å². The van der Waals surface area contributed by atoms with Crippen LogP contribution in [0.15, 0.2) is 24.3 Å². The first-order valence-electron chi connectivity index (χ1n) is 7.38. The predicted octanol–water partition coefficient (Wildman–Crippen LogP) is 4.53. The van der Waals surface area contributed by atoms with Crippen molar-refractivity contribution in [3.05, 3.63) is 34.7 Å². The van der Waals surface area contributed by atoms with Gasteiger partial charge in [0.2, 0.25) is 0 Å². The molecule has 1 unspecified atom stereocenters. The Balaban J connectivity index is 1.91. The minimum absolute atomic E-state index is 0.384. The van der Waals surface area contributed by atoms with Gasteiger partial charge in [-0.25, -0.2) is 0 Å². The average Bonchev–Trinajstić information content (AvgIpc) is 2.76. The SMILES string of the molecule is Cc1c(C(C)NCCOCC(C)C)sc2ccccc12. The lowest BCUT2D eigenvalue weighted by Gasteiger charge is -2.14. The molecular formula is C17H25NOS. The van der Waals surface area contributed by atoms with Gasteiger partial charge in [0.15, 0.2) is 0 Å². The normalized spacial score (nSPS) is 13.2. The van der Waals surface area contributed by atoms with Crippen LogP contribution >= 0.6 is 11.3 Å². The molecule has 0 fully saturated rings. The minimum Gasteiger partial charge on any atom is -0.380 e. The van der Waals surface area contributed by atoms with Crippen molar-refractivity contribution in [2.45, 2.75) is 33.7 Å². The fraction of sp³-hybridized carbons (Fsp3) is 0.529. The van der Waals surface area contributed by atoms with Crippen LogP contribution in [0.1, 0.15) is 37.3 Å². The fourth-order valence-electron chi connectivity index (χ4n) is 2.37. The Kier molecular flexibility index (Phi) is 5.58. The van der Waals surface area contributed by atoms with Crippen molar-refractivity contribution in [1.82, 2.24) is 5.32 Å². The average molecular weight is 291 g/mol. The van der Waals surface area contributed by atoms with Gasteiger partial charge in [0.05, 0.1) is 6.61 Å². The zero-order valence-electron chi connectivity index (χ0n) is 12.9. The molecule has 1 aromatic heterocycles. The molecule has 1 heterocycles. The molecule has 0 amide bonds. The van der Waals surface area contributed by atoms with Crippen LogP contribution in [0.25, 0.3) is 10.1 Å². The number of hydrogen-bond acceptors (Lipinski definition) is 3. The number of hydrogen-bond donors (Lipinski definition) is 1. The second kappa shape index (κ2) is 7.21.